The van der Waals surface area contributed by atoms with E-state index in [1.807, 2.05) is 40.4 Å². The predicted octanol–water partition coefficient (Wildman–Crippen LogP) is 5.23. The lowest BCUT2D eigenvalue weighted by molar-refractivity contribution is -0.116. The van der Waals surface area contributed by atoms with Crippen LogP contribution >= 0.6 is 22.9 Å². The number of Topliss-reactive ketones (excluding diaryl/α,β-unsaturated/α-hetero) is 1. The predicted molar refractivity (Wildman–Crippen MR) is 130 cm³/mol. The van der Waals surface area contributed by atoms with Gasteiger partial charge in [0.25, 0.3) is 0 Å². The van der Waals surface area contributed by atoms with Crippen molar-refractivity contribution >= 4 is 56.7 Å². The van der Waals surface area contributed by atoms with E-state index in [1.54, 1.807) is 6.08 Å². The van der Waals surface area contributed by atoms with Crippen LogP contribution in [-0.4, -0.2) is 45.5 Å². The number of allylic oxidation sites excluding steroid dienone is 4. The highest BCUT2D eigenvalue weighted by molar-refractivity contribution is 7.19. The van der Waals surface area contributed by atoms with Crippen LogP contribution in [0.3, 0.4) is 0 Å². The van der Waals surface area contributed by atoms with Crippen molar-refractivity contribution in [3.63, 3.8) is 0 Å². The fourth-order valence-electron chi connectivity index (χ4n) is 4.26. The SMILES string of the molecule is CCc1nc2ccc(N3CCC(=O)C3)nn2c1N(C)c1nc(C2=CC=C(F)C(C)C2)c(Cl)s1. The molecule has 10 heteroatoms. The number of imidazole rings is 1. The van der Waals surface area contributed by atoms with Crippen LogP contribution < -0.4 is 9.80 Å². The van der Waals surface area contributed by atoms with E-state index in [4.69, 9.17) is 26.7 Å². The molecule has 3 aromatic heterocycles. The Bertz CT molecular complexity index is 1310. The molecule has 2 aliphatic rings. The number of carbonyl (C=O) groups excluding carboxylic acids is 1. The molecule has 0 aromatic carbocycles. The van der Waals surface area contributed by atoms with Crippen molar-refractivity contribution in [1.29, 1.82) is 0 Å². The summed E-state index contributed by atoms with van der Waals surface area (Å²) < 4.78 is 16.2. The van der Waals surface area contributed by atoms with Crippen molar-refractivity contribution in [2.75, 3.05) is 29.9 Å². The molecular formula is C23H24ClFN6OS. The van der Waals surface area contributed by atoms with Gasteiger partial charge in [0, 0.05) is 25.9 Å². The maximum Gasteiger partial charge on any atom is 0.192 e. The lowest BCUT2D eigenvalue weighted by Crippen LogP contribution is -2.22. The molecule has 1 aliphatic heterocycles. The normalized spacial score (nSPS) is 18.8. The molecule has 0 N–H and O–H groups in total. The topological polar surface area (TPSA) is 66.6 Å². The maximum absolute atomic E-state index is 13.8. The van der Waals surface area contributed by atoms with E-state index < -0.39 is 0 Å². The number of aromatic nitrogens is 4. The minimum absolute atomic E-state index is 0.123. The summed E-state index contributed by atoms with van der Waals surface area (Å²) >= 11 is 7.96. The summed E-state index contributed by atoms with van der Waals surface area (Å²) in [7, 11) is 1.92. The third kappa shape index (κ3) is 3.93. The van der Waals surface area contributed by atoms with Gasteiger partial charge in [0.2, 0.25) is 0 Å². The number of fused-ring (bicyclic) bond motifs is 1. The summed E-state index contributed by atoms with van der Waals surface area (Å²) in [4.78, 5) is 25.3. The Hall–Kier alpha value is -2.78. The van der Waals surface area contributed by atoms with Gasteiger partial charge in [0.15, 0.2) is 22.4 Å². The Labute approximate surface area is 200 Å². The Morgan fingerprint density at radius 1 is 1.30 bits per heavy atom. The van der Waals surface area contributed by atoms with E-state index in [2.05, 4.69) is 6.92 Å². The van der Waals surface area contributed by atoms with Gasteiger partial charge in [-0.2, -0.15) is 4.52 Å². The van der Waals surface area contributed by atoms with Crippen LogP contribution in [0.1, 0.15) is 38.1 Å². The summed E-state index contributed by atoms with van der Waals surface area (Å²) in [6, 6.07) is 3.84. The van der Waals surface area contributed by atoms with Gasteiger partial charge in [-0.05, 0) is 36.6 Å². The van der Waals surface area contributed by atoms with Gasteiger partial charge in [-0.1, -0.05) is 42.9 Å². The molecule has 172 valence electrons. The highest BCUT2D eigenvalue weighted by Crippen LogP contribution is 2.41. The first kappa shape index (κ1) is 22.0. The molecule has 1 aliphatic carbocycles. The average molecular weight is 487 g/mol. The molecule has 5 rings (SSSR count). The number of hydrogen-bond donors (Lipinski definition) is 0. The molecule has 0 radical (unpaired) electrons. The smallest absolute Gasteiger partial charge is 0.192 e. The molecule has 0 bridgehead atoms. The van der Waals surface area contributed by atoms with Gasteiger partial charge < -0.3 is 9.80 Å². The lowest BCUT2D eigenvalue weighted by Gasteiger charge is -2.19. The molecule has 1 atom stereocenters. The van der Waals surface area contributed by atoms with Crippen LogP contribution in [0.2, 0.25) is 4.34 Å². The number of hydrogen-bond acceptors (Lipinski definition) is 7. The molecule has 1 saturated heterocycles. The van der Waals surface area contributed by atoms with Crippen molar-refractivity contribution in [3.05, 3.63) is 45.8 Å². The number of anilines is 3. The number of thiazole rings is 1. The average Bonchev–Trinajstić information content (AvgIpc) is 3.51. The van der Waals surface area contributed by atoms with E-state index in [-0.39, 0.29) is 17.5 Å². The van der Waals surface area contributed by atoms with Crippen molar-refractivity contribution in [1.82, 2.24) is 19.6 Å². The first-order valence-electron chi connectivity index (χ1n) is 11.0. The summed E-state index contributed by atoms with van der Waals surface area (Å²) in [6.45, 7) is 4.96. The van der Waals surface area contributed by atoms with Gasteiger partial charge in [-0.15, -0.1) is 5.10 Å². The third-order valence-corrected chi connectivity index (χ3v) is 7.45. The second-order valence-corrected chi connectivity index (χ2v) is 10.0. The zero-order valence-electron chi connectivity index (χ0n) is 18.7. The molecule has 33 heavy (non-hydrogen) atoms. The monoisotopic (exact) mass is 486 g/mol. The van der Waals surface area contributed by atoms with Gasteiger partial charge in [-0.25, -0.2) is 14.4 Å². The largest absolute Gasteiger partial charge is 0.347 e. The molecule has 0 amide bonds. The molecule has 3 aromatic rings. The van der Waals surface area contributed by atoms with Gasteiger partial charge in [-0.3, -0.25) is 4.79 Å². The van der Waals surface area contributed by atoms with E-state index in [9.17, 15) is 9.18 Å². The molecule has 4 heterocycles. The quantitative estimate of drug-likeness (QED) is 0.492. The number of carbonyl (C=O) groups is 1. The Morgan fingerprint density at radius 2 is 2.12 bits per heavy atom. The van der Waals surface area contributed by atoms with Crippen LogP contribution in [0, 0.1) is 5.92 Å². The second kappa shape index (κ2) is 8.53. The highest BCUT2D eigenvalue weighted by atomic mass is 35.5. The van der Waals surface area contributed by atoms with Crippen LogP contribution in [0.25, 0.3) is 11.2 Å². The first-order chi connectivity index (χ1) is 15.9. The van der Waals surface area contributed by atoms with E-state index in [0.29, 0.717) is 41.1 Å². The van der Waals surface area contributed by atoms with Crippen LogP contribution in [0.4, 0.5) is 21.2 Å². The fourth-order valence-corrected chi connectivity index (χ4v) is 5.43. The fraction of sp³-hybridized carbons (Fsp3) is 0.391. The molecule has 7 nitrogen and oxygen atoms in total. The van der Waals surface area contributed by atoms with Crippen molar-refractivity contribution < 1.29 is 9.18 Å². The third-order valence-electron chi connectivity index (χ3n) is 6.12. The standard InChI is InChI=1S/C23H24ClFN6OS/c1-4-17-22(31-18(26-17)7-8-19(28-31)30-10-9-15(32)12-30)29(3)23-27-20(21(24)33-23)14-5-6-16(25)13(2)11-14/h5-8,13H,4,9-12H2,1-3H3. The molecule has 0 spiro atoms. The molecule has 1 fully saturated rings. The Balaban J connectivity index is 1.54. The number of rotatable bonds is 5. The zero-order chi connectivity index (χ0) is 23.3. The summed E-state index contributed by atoms with van der Waals surface area (Å²) in [5, 5.41) is 5.52. The van der Waals surface area contributed by atoms with Gasteiger partial charge >= 0.3 is 0 Å². The van der Waals surface area contributed by atoms with Crippen molar-refractivity contribution in [2.45, 2.75) is 33.1 Å². The maximum atomic E-state index is 13.8. The van der Waals surface area contributed by atoms with Crippen molar-refractivity contribution in [3.8, 4) is 0 Å². The zero-order valence-corrected chi connectivity index (χ0v) is 20.3. The number of halogens is 2. The highest BCUT2D eigenvalue weighted by Gasteiger charge is 2.26. The lowest BCUT2D eigenvalue weighted by atomic mass is 9.93. The second-order valence-electron chi connectivity index (χ2n) is 8.43. The van der Waals surface area contributed by atoms with Gasteiger partial charge in [0.05, 0.1) is 17.9 Å². The molecule has 0 saturated carbocycles. The van der Waals surface area contributed by atoms with Crippen molar-refractivity contribution in [2.24, 2.45) is 5.92 Å². The van der Waals surface area contributed by atoms with E-state index in [0.717, 1.165) is 35.0 Å². The van der Waals surface area contributed by atoms with Crippen LogP contribution in [0.15, 0.2) is 30.1 Å². The minimum atomic E-state index is -0.186. The Kier molecular flexibility index (Phi) is 5.70. The Morgan fingerprint density at radius 3 is 2.82 bits per heavy atom. The minimum Gasteiger partial charge on any atom is -0.347 e. The van der Waals surface area contributed by atoms with Crippen LogP contribution in [0.5, 0.6) is 0 Å². The van der Waals surface area contributed by atoms with Gasteiger partial charge in [0.1, 0.15) is 16.0 Å². The summed E-state index contributed by atoms with van der Waals surface area (Å²) in [6.07, 6.45) is 5.09. The number of aryl methyl sites for hydroxylation is 1. The molecular weight excluding hydrogens is 463 g/mol. The van der Waals surface area contributed by atoms with Crippen LogP contribution in [-0.2, 0) is 11.2 Å². The van der Waals surface area contributed by atoms with E-state index in [1.165, 1.54) is 17.4 Å². The summed E-state index contributed by atoms with van der Waals surface area (Å²) in [5.74, 6) is 1.47. The molecule has 1 unspecified atom stereocenters. The van der Waals surface area contributed by atoms with E-state index >= 15 is 0 Å². The first-order valence-corrected chi connectivity index (χ1v) is 12.2. The summed E-state index contributed by atoms with van der Waals surface area (Å²) in [5.41, 5.74) is 3.24. The number of ketones is 1. The number of nitrogens with zero attached hydrogens (tertiary/aromatic N) is 6.